The third-order valence-electron chi connectivity index (χ3n) is 3.05. The number of halogens is 1. The van der Waals surface area contributed by atoms with E-state index in [-0.39, 0.29) is 12.4 Å². The number of H-pyrrole nitrogens is 1. The molecule has 0 radical (unpaired) electrons. The number of hydrogen-bond acceptors (Lipinski definition) is 4. The topological polar surface area (TPSA) is 58.1 Å². The molecule has 0 saturated heterocycles. The van der Waals surface area contributed by atoms with E-state index in [1.54, 1.807) is 19.2 Å². The lowest BCUT2D eigenvalue weighted by atomic mass is 10.2. The number of methoxy groups -OCH3 is 1. The smallest absolute Gasteiger partial charge is 0.171 e. The first-order valence-electron chi connectivity index (χ1n) is 6.30. The molecule has 1 heterocycles. The number of aliphatic hydroxyl groups excluding tert-OH is 1. The second-order valence-corrected chi connectivity index (χ2v) is 5.48. The van der Waals surface area contributed by atoms with Crippen molar-refractivity contribution in [3.63, 3.8) is 0 Å². The van der Waals surface area contributed by atoms with Crippen molar-refractivity contribution in [1.82, 2.24) is 9.97 Å². The van der Waals surface area contributed by atoms with Gasteiger partial charge in [-0.15, -0.1) is 0 Å². The minimum atomic E-state index is -0.371. The number of ether oxygens (including phenoxy) is 1. The molecular weight excluding hydrogens is 291 g/mol. The van der Waals surface area contributed by atoms with E-state index in [0.717, 1.165) is 16.8 Å². The number of hydrogen-bond donors (Lipinski definition) is 2. The van der Waals surface area contributed by atoms with Crippen LogP contribution in [-0.2, 0) is 6.61 Å². The lowest BCUT2D eigenvalue weighted by Crippen LogP contribution is -1.88. The zero-order valence-electron chi connectivity index (χ0n) is 11.3. The van der Waals surface area contributed by atoms with E-state index >= 15 is 0 Å². The van der Waals surface area contributed by atoms with Crippen LogP contribution in [0.5, 0.6) is 5.75 Å². The lowest BCUT2D eigenvalue weighted by Gasteiger charge is -2.02. The summed E-state index contributed by atoms with van der Waals surface area (Å²) in [5.74, 6) is 0.366. The fourth-order valence-corrected chi connectivity index (χ4v) is 2.78. The van der Waals surface area contributed by atoms with Crippen LogP contribution in [0, 0.1) is 5.82 Å². The van der Waals surface area contributed by atoms with Crippen molar-refractivity contribution >= 4 is 22.8 Å². The maximum absolute atomic E-state index is 13.9. The van der Waals surface area contributed by atoms with E-state index in [2.05, 4.69) is 9.97 Å². The molecule has 2 aromatic carbocycles. The Morgan fingerprint density at radius 2 is 2.14 bits per heavy atom. The van der Waals surface area contributed by atoms with Crippen LogP contribution in [-0.4, -0.2) is 22.2 Å². The quantitative estimate of drug-likeness (QED) is 0.776. The van der Waals surface area contributed by atoms with E-state index < -0.39 is 0 Å². The largest absolute Gasteiger partial charge is 0.497 e. The Kier molecular flexibility index (Phi) is 3.81. The Morgan fingerprint density at radius 1 is 1.29 bits per heavy atom. The number of aliphatic hydroxyl groups is 1. The molecule has 3 rings (SSSR count). The van der Waals surface area contributed by atoms with Crippen LogP contribution < -0.4 is 4.74 Å². The van der Waals surface area contributed by atoms with Gasteiger partial charge in [0.1, 0.15) is 11.6 Å². The Balaban J connectivity index is 1.91. The van der Waals surface area contributed by atoms with Crippen LogP contribution in [0.1, 0.15) is 5.56 Å². The maximum atomic E-state index is 13.9. The van der Waals surface area contributed by atoms with Crippen LogP contribution in [0.15, 0.2) is 46.5 Å². The van der Waals surface area contributed by atoms with Gasteiger partial charge in [-0.25, -0.2) is 9.37 Å². The SMILES string of the molecule is COc1ccc2nc(Sc3ccc(CO)cc3F)[nH]c2c1. The predicted octanol–water partition coefficient (Wildman–Crippen LogP) is 3.35. The number of aromatic amines is 1. The number of nitrogens with one attached hydrogen (secondary N) is 1. The number of benzene rings is 2. The van der Waals surface area contributed by atoms with Crippen LogP contribution in [0.4, 0.5) is 4.39 Å². The Morgan fingerprint density at radius 3 is 2.86 bits per heavy atom. The molecule has 3 aromatic rings. The van der Waals surface area contributed by atoms with Gasteiger partial charge in [0.15, 0.2) is 5.16 Å². The fourth-order valence-electron chi connectivity index (χ4n) is 1.97. The average Bonchev–Trinajstić information content (AvgIpc) is 2.90. The molecular formula is C15H13FN2O2S. The van der Waals surface area contributed by atoms with E-state index in [0.29, 0.717) is 15.6 Å². The monoisotopic (exact) mass is 304 g/mol. The molecule has 0 aliphatic heterocycles. The number of imidazole rings is 1. The first-order chi connectivity index (χ1) is 10.2. The standard InChI is InChI=1S/C15H13FN2O2S/c1-20-10-3-4-12-13(7-10)18-15(17-12)21-14-5-2-9(8-19)6-11(14)16/h2-7,19H,8H2,1H3,(H,17,18). The van der Waals surface area contributed by atoms with Crippen molar-refractivity contribution in [1.29, 1.82) is 0 Å². The molecule has 0 spiro atoms. The van der Waals surface area contributed by atoms with Gasteiger partial charge in [0.05, 0.1) is 29.6 Å². The van der Waals surface area contributed by atoms with Gasteiger partial charge >= 0.3 is 0 Å². The van der Waals surface area contributed by atoms with Crippen molar-refractivity contribution in [2.45, 2.75) is 16.7 Å². The third-order valence-corrected chi connectivity index (χ3v) is 3.99. The van der Waals surface area contributed by atoms with E-state index in [1.165, 1.54) is 17.8 Å². The molecule has 0 atom stereocenters. The molecule has 2 N–H and O–H groups in total. The minimum absolute atomic E-state index is 0.174. The fraction of sp³-hybridized carbons (Fsp3) is 0.133. The zero-order chi connectivity index (χ0) is 14.8. The van der Waals surface area contributed by atoms with Gasteiger partial charge in [-0.2, -0.15) is 0 Å². The minimum Gasteiger partial charge on any atom is -0.497 e. The molecule has 0 aliphatic carbocycles. The van der Waals surface area contributed by atoms with Gasteiger partial charge in [0, 0.05) is 6.07 Å². The van der Waals surface area contributed by atoms with Gasteiger partial charge in [0.2, 0.25) is 0 Å². The first kappa shape index (κ1) is 13.9. The Bertz CT molecular complexity index is 788. The summed E-state index contributed by atoms with van der Waals surface area (Å²) >= 11 is 1.21. The number of nitrogens with zero attached hydrogens (tertiary/aromatic N) is 1. The molecule has 6 heteroatoms. The molecule has 0 bridgehead atoms. The highest BCUT2D eigenvalue weighted by atomic mass is 32.2. The Hall–Kier alpha value is -2.05. The van der Waals surface area contributed by atoms with Crippen molar-refractivity contribution in [3.8, 4) is 5.75 Å². The molecule has 0 amide bonds. The summed E-state index contributed by atoms with van der Waals surface area (Å²) in [6.45, 7) is -0.174. The summed E-state index contributed by atoms with van der Waals surface area (Å²) < 4.78 is 19.1. The molecule has 1 aromatic heterocycles. The van der Waals surface area contributed by atoms with Gasteiger partial charge < -0.3 is 14.8 Å². The molecule has 4 nitrogen and oxygen atoms in total. The highest BCUT2D eigenvalue weighted by Gasteiger charge is 2.09. The third kappa shape index (κ3) is 2.86. The average molecular weight is 304 g/mol. The highest BCUT2D eigenvalue weighted by Crippen LogP contribution is 2.30. The van der Waals surface area contributed by atoms with Gasteiger partial charge in [-0.1, -0.05) is 6.07 Å². The molecule has 0 aliphatic rings. The second kappa shape index (κ2) is 5.75. The first-order valence-corrected chi connectivity index (χ1v) is 7.12. The molecule has 21 heavy (non-hydrogen) atoms. The van der Waals surface area contributed by atoms with E-state index in [9.17, 15) is 4.39 Å². The van der Waals surface area contributed by atoms with Crippen LogP contribution in [0.25, 0.3) is 11.0 Å². The highest BCUT2D eigenvalue weighted by molar-refractivity contribution is 7.99. The predicted molar refractivity (Wildman–Crippen MR) is 79.1 cm³/mol. The summed E-state index contributed by atoms with van der Waals surface area (Å²) in [6.07, 6.45) is 0. The van der Waals surface area contributed by atoms with Crippen molar-refractivity contribution in [2.75, 3.05) is 7.11 Å². The summed E-state index contributed by atoms with van der Waals surface area (Å²) in [7, 11) is 1.60. The van der Waals surface area contributed by atoms with E-state index in [4.69, 9.17) is 9.84 Å². The van der Waals surface area contributed by atoms with Crippen molar-refractivity contribution in [2.24, 2.45) is 0 Å². The summed E-state index contributed by atoms with van der Waals surface area (Å²) in [4.78, 5) is 7.99. The maximum Gasteiger partial charge on any atom is 0.171 e. The number of rotatable bonds is 4. The zero-order valence-corrected chi connectivity index (χ0v) is 12.1. The molecule has 0 saturated carbocycles. The number of fused-ring (bicyclic) bond motifs is 1. The van der Waals surface area contributed by atoms with E-state index in [1.807, 2.05) is 18.2 Å². The molecule has 0 unspecified atom stereocenters. The second-order valence-electron chi connectivity index (χ2n) is 4.45. The molecule has 0 fully saturated rings. The van der Waals surface area contributed by atoms with Crippen LogP contribution in [0.2, 0.25) is 0 Å². The van der Waals surface area contributed by atoms with Crippen molar-refractivity contribution < 1.29 is 14.2 Å². The normalized spacial score (nSPS) is 11.0. The Labute approximate surface area is 125 Å². The van der Waals surface area contributed by atoms with Crippen LogP contribution >= 0.6 is 11.8 Å². The molecule has 108 valence electrons. The lowest BCUT2D eigenvalue weighted by molar-refractivity contribution is 0.281. The summed E-state index contributed by atoms with van der Waals surface area (Å²) in [5, 5.41) is 9.59. The van der Waals surface area contributed by atoms with Gasteiger partial charge in [-0.05, 0) is 41.6 Å². The van der Waals surface area contributed by atoms with Gasteiger partial charge in [-0.3, -0.25) is 0 Å². The van der Waals surface area contributed by atoms with Gasteiger partial charge in [0.25, 0.3) is 0 Å². The summed E-state index contributed by atoms with van der Waals surface area (Å²) in [5.41, 5.74) is 2.18. The number of aromatic nitrogens is 2. The van der Waals surface area contributed by atoms with Crippen molar-refractivity contribution in [3.05, 3.63) is 47.8 Å². The summed E-state index contributed by atoms with van der Waals surface area (Å²) in [6, 6.07) is 10.2. The van der Waals surface area contributed by atoms with Crippen LogP contribution in [0.3, 0.4) is 0 Å².